The zero-order valence-electron chi connectivity index (χ0n) is 12.7. The molecule has 0 saturated heterocycles. The third kappa shape index (κ3) is 4.27. The molecule has 0 radical (unpaired) electrons. The molecule has 0 bridgehead atoms. The van der Waals surface area contributed by atoms with Gasteiger partial charge in [0.1, 0.15) is 0 Å². The first-order chi connectivity index (χ1) is 9.72. The Morgan fingerprint density at radius 2 is 2.15 bits per heavy atom. The molecule has 1 aromatic heterocycles. The van der Waals surface area contributed by atoms with E-state index < -0.39 is 0 Å². The molecule has 0 aromatic carbocycles. The van der Waals surface area contributed by atoms with Crippen molar-refractivity contribution in [3.63, 3.8) is 0 Å². The molecule has 2 unspecified atom stereocenters. The molecule has 1 N–H and O–H groups in total. The lowest BCUT2D eigenvalue weighted by molar-refractivity contribution is 0.304. The average Bonchev–Trinajstić information content (AvgIpc) is 2.45. The largest absolute Gasteiger partial charge is 0.478 e. The van der Waals surface area contributed by atoms with Crippen molar-refractivity contribution < 1.29 is 4.74 Å². The van der Waals surface area contributed by atoms with Crippen LogP contribution in [0, 0.1) is 6.92 Å². The number of aromatic nitrogens is 2. The van der Waals surface area contributed by atoms with Crippen LogP contribution in [0.1, 0.15) is 44.7 Å². The zero-order valence-corrected chi connectivity index (χ0v) is 13.5. The molecule has 2 rings (SSSR count). The van der Waals surface area contributed by atoms with Crippen molar-refractivity contribution in [2.24, 2.45) is 0 Å². The first kappa shape index (κ1) is 15.4. The van der Waals surface area contributed by atoms with E-state index in [1.165, 1.54) is 25.7 Å². The summed E-state index contributed by atoms with van der Waals surface area (Å²) in [5, 5.41) is 4.18. The number of hydrogen-bond acceptors (Lipinski definition) is 5. The third-order valence-corrected chi connectivity index (χ3v) is 4.77. The molecule has 0 aliphatic heterocycles. The SMILES string of the molecule is CCCOc1cc(C)nc(NC2CCCCC2SC)n1. The highest BCUT2D eigenvalue weighted by Crippen LogP contribution is 2.29. The van der Waals surface area contributed by atoms with Crippen LogP contribution >= 0.6 is 11.8 Å². The summed E-state index contributed by atoms with van der Waals surface area (Å²) in [6.07, 6.45) is 8.29. The molecule has 1 heterocycles. The monoisotopic (exact) mass is 295 g/mol. The number of nitrogens with zero attached hydrogens (tertiary/aromatic N) is 2. The maximum atomic E-state index is 5.62. The number of hydrogen-bond donors (Lipinski definition) is 1. The fourth-order valence-electron chi connectivity index (χ4n) is 2.59. The van der Waals surface area contributed by atoms with Crippen molar-refractivity contribution >= 4 is 17.7 Å². The van der Waals surface area contributed by atoms with Gasteiger partial charge >= 0.3 is 0 Å². The highest BCUT2D eigenvalue weighted by atomic mass is 32.2. The molecule has 1 fully saturated rings. The van der Waals surface area contributed by atoms with Crippen molar-refractivity contribution in [1.29, 1.82) is 0 Å². The lowest BCUT2D eigenvalue weighted by atomic mass is 9.95. The van der Waals surface area contributed by atoms with E-state index in [0.29, 0.717) is 29.7 Å². The number of nitrogens with one attached hydrogen (secondary N) is 1. The van der Waals surface area contributed by atoms with E-state index in [2.05, 4.69) is 28.5 Å². The summed E-state index contributed by atoms with van der Waals surface area (Å²) in [7, 11) is 0. The minimum absolute atomic E-state index is 0.472. The molecule has 0 amide bonds. The molecule has 1 saturated carbocycles. The van der Waals surface area contributed by atoms with Crippen molar-refractivity contribution in [2.75, 3.05) is 18.2 Å². The molecular formula is C15H25N3OS. The van der Waals surface area contributed by atoms with Gasteiger partial charge in [-0.1, -0.05) is 19.8 Å². The van der Waals surface area contributed by atoms with Crippen molar-refractivity contribution in [1.82, 2.24) is 9.97 Å². The highest BCUT2D eigenvalue weighted by molar-refractivity contribution is 7.99. The zero-order chi connectivity index (χ0) is 14.4. The van der Waals surface area contributed by atoms with Gasteiger partial charge in [-0.3, -0.25) is 0 Å². The van der Waals surface area contributed by atoms with Gasteiger partial charge in [0.05, 0.1) is 6.61 Å². The fourth-order valence-corrected chi connectivity index (χ4v) is 3.53. The summed E-state index contributed by atoms with van der Waals surface area (Å²) in [6.45, 7) is 4.78. The second-order valence-electron chi connectivity index (χ2n) is 5.33. The van der Waals surface area contributed by atoms with Crippen molar-refractivity contribution in [3.05, 3.63) is 11.8 Å². The van der Waals surface area contributed by atoms with E-state index in [4.69, 9.17) is 4.74 Å². The van der Waals surface area contributed by atoms with Gasteiger partial charge in [0.2, 0.25) is 11.8 Å². The molecular weight excluding hydrogens is 270 g/mol. The molecule has 5 heteroatoms. The fraction of sp³-hybridized carbons (Fsp3) is 0.733. The maximum Gasteiger partial charge on any atom is 0.226 e. The van der Waals surface area contributed by atoms with Crippen LogP contribution < -0.4 is 10.1 Å². The first-order valence-electron chi connectivity index (χ1n) is 7.50. The number of aryl methyl sites for hydroxylation is 1. The van der Waals surface area contributed by atoms with E-state index in [9.17, 15) is 0 Å². The average molecular weight is 295 g/mol. The number of anilines is 1. The van der Waals surface area contributed by atoms with E-state index in [0.717, 1.165) is 12.1 Å². The van der Waals surface area contributed by atoms with Crippen LogP contribution in [0.15, 0.2) is 6.07 Å². The van der Waals surface area contributed by atoms with Crippen LogP contribution in [0.2, 0.25) is 0 Å². The molecule has 1 aliphatic carbocycles. The Kier molecular flexibility index (Phi) is 5.95. The van der Waals surface area contributed by atoms with Crippen LogP contribution in [-0.2, 0) is 0 Å². The maximum absolute atomic E-state index is 5.62. The van der Waals surface area contributed by atoms with Crippen molar-refractivity contribution in [3.8, 4) is 5.88 Å². The quantitative estimate of drug-likeness (QED) is 0.868. The smallest absolute Gasteiger partial charge is 0.226 e. The molecule has 112 valence electrons. The summed E-state index contributed by atoms with van der Waals surface area (Å²) in [5.41, 5.74) is 0.949. The standard InChI is InChI=1S/C15H25N3OS/c1-4-9-19-14-10-11(2)16-15(18-14)17-12-7-5-6-8-13(12)20-3/h10,12-13H,4-9H2,1-3H3,(H,16,17,18). The van der Waals surface area contributed by atoms with E-state index >= 15 is 0 Å². The van der Waals surface area contributed by atoms with E-state index in [1.54, 1.807) is 0 Å². The predicted molar refractivity (Wildman–Crippen MR) is 85.7 cm³/mol. The van der Waals surface area contributed by atoms with Crippen LogP contribution in [0.5, 0.6) is 5.88 Å². The first-order valence-corrected chi connectivity index (χ1v) is 8.79. The molecule has 4 nitrogen and oxygen atoms in total. The minimum atomic E-state index is 0.472. The summed E-state index contributed by atoms with van der Waals surface area (Å²) in [4.78, 5) is 8.97. The Hall–Kier alpha value is -0.970. The van der Waals surface area contributed by atoms with Crippen molar-refractivity contribution in [2.45, 2.75) is 57.2 Å². The number of ether oxygens (including phenoxy) is 1. The Morgan fingerprint density at radius 3 is 2.90 bits per heavy atom. The van der Waals surface area contributed by atoms with Gasteiger partial charge in [0, 0.05) is 23.1 Å². The van der Waals surface area contributed by atoms with Gasteiger partial charge in [0.15, 0.2) is 0 Å². The number of thioether (sulfide) groups is 1. The van der Waals surface area contributed by atoms with Gasteiger partial charge in [0.25, 0.3) is 0 Å². The lowest BCUT2D eigenvalue weighted by Crippen LogP contribution is -2.35. The molecule has 1 aromatic rings. The van der Waals surface area contributed by atoms with Gasteiger partial charge < -0.3 is 10.1 Å². The van der Waals surface area contributed by atoms with Crippen LogP contribution in [0.4, 0.5) is 5.95 Å². The Bertz CT molecular complexity index is 428. The lowest BCUT2D eigenvalue weighted by Gasteiger charge is -2.31. The van der Waals surface area contributed by atoms with E-state index in [-0.39, 0.29) is 0 Å². The molecule has 0 spiro atoms. The Balaban J connectivity index is 2.05. The topological polar surface area (TPSA) is 47.0 Å². The molecule has 20 heavy (non-hydrogen) atoms. The van der Waals surface area contributed by atoms with Crippen LogP contribution in [0.3, 0.4) is 0 Å². The van der Waals surface area contributed by atoms with E-state index in [1.807, 2.05) is 24.8 Å². The normalized spacial score (nSPS) is 22.6. The molecule has 2 atom stereocenters. The Morgan fingerprint density at radius 1 is 1.35 bits per heavy atom. The predicted octanol–water partition coefficient (Wildman–Crippen LogP) is 3.66. The summed E-state index contributed by atoms with van der Waals surface area (Å²) in [6, 6.07) is 2.37. The van der Waals surface area contributed by atoms with Gasteiger partial charge in [-0.15, -0.1) is 0 Å². The second kappa shape index (κ2) is 7.72. The summed E-state index contributed by atoms with van der Waals surface area (Å²) >= 11 is 1.95. The second-order valence-corrected chi connectivity index (χ2v) is 6.41. The van der Waals surface area contributed by atoms with Gasteiger partial charge in [-0.25, -0.2) is 4.98 Å². The summed E-state index contributed by atoms with van der Waals surface area (Å²) < 4.78 is 5.62. The molecule has 1 aliphatic rings. The third-order valence-electron chi connectivity index (χ3n) is 3.60. The minimum Gasteiger partial charge on any atom is -0.478 e. The van der Waals surface area contributed by atoms with Crippen LogP contribution in [-0.4, -0.2) is 34.1 Å². The van der Waals surface area contributed by atoms with Gasteiger partial charge in [-0.2, -0.15) is 16.7 Å². The number of rotatable bonds is 6. The van der Waals surface area contributed by atoms with Gasteiger partial charge in [-0.05, 0) is 32.4 Å². The Labute approximate surface area is 126 Å². The summed E-state index contributed by atoms with van der Waals surface area (Å²) in [5.74, 6) is 1.39. The highest BCUT2D eigenvalue weighted by Gasteiger charge is 2.25. The van der Waals surface area contributed by atoms with Crippen LogP contribution in [0.25, 0.3) is 0 Å².